The zero-order valence-corrected chi connectivity index (χ0v) is 9.78. The summed E-state index contributed by atoms with van der Waals surface area (Å²) in [5.74, 6) is 0. The zero-order chi connectivity index (χ0) is 12.5. The maximum Gasteiger partial charge on any atom is 0.173 e. The predicted molar refractivity (Wildman–Crippen MR) is 64.6 cm³/mol. The first-order valence-electron chi connectivity index (χ1n) is 5.60. The minimum absolute atomic E-state index is 0.472. The fourth-order valence-electron chi connectivity index (χ4n) is 1.97. The molecule has 18 heavy (non-hydrogen) atoms. The molecule has 0 N–H and O–H groups in total. The van der Waals surface area contributed by atoms with Gasteiger partial charge in [0.1, 0.15) is 11.6 Å². The van der Waals surface area contributed by atoms with E-state index in [9.17, 15) is 0 Å². The molecule has 3 aromatic heterocycles. The van der Waals surface area contributed by atoms with Crippen molar-refractivity contribution in [1.29, 1.82) is 5.26 Å². The Kier molecular flexibility index (Phi) is 2.31. The van der Waals surface area contributed by atoms with Gasteiger partial charge in [0, 0.05) is 18.9 Å². The summed E-state index contributed by atoms with van der Waals surface area (Å²) >= 11 is 0. The normalized spacial score (nSPS) is 10.7. The van der Waals surface area contributed by atoms with Crippen LogP contribution in [0.5, 0.6) is 0 Å². The van der Waals surface area contributed by atoms with Crippen LogP contribution < -0.4 is 0 Å². The Bertz CT molecular complexity index is 745. The number of hydrogen-bond donors (Lipinski definition) is 0. The van der Waals surface area contributed by atoms with Gasteiger partial charge in [-0.25, -0.2) is 9.50 Å². The molecule has 0 bridgehead atoms. The van der Waals surface area contributed by atoms with E-state index >= 15 is 0 Å². The number of rotatable bonds is 2. The topological polar surface area (TPSA) is 71.8 Å². The molecular weight excluding hydrogens is 228 g/mol. The summed E-state index contributed by atoms with van der Waals surface area (Å²) in [5, 5.41) is 17.4. The van der Waals surface area contributed by atoms with E-state index in [4.69, 9.17) is 5.26 Å². The Labute approximate surface area is 103 Å². The van der Waals surface area contributed by atoms with E-state index in [0.29, 0.717) is 11.2 Å². The number of aryl methyl sites for hydroxylation is 1. The lowest BCUT2D eigenvalue weighted by molar-refractivity contribution is 0.663. The van der Waals surface area contributed by atoms with Gasteiger partial charge in [0.25, 0.3) is 0 Å². The van der Waals surface area contributed by atoms with Crippen molar-refractivity contribution in [2.45, 2.75) is 13.5 Å². The third kappa shape index (κ3) is 1.38. The average molecular weight is 238 g/mol. The van der Waals surface area contributed by atoms with Gasteiger partial charge in [-0.2, -0.15) is 15.5 Å². The van der Waals surface area contributed by atoms with Gasteiger partial charge in [-0.1, -0.05) is 0 Å². The summed E-state index contributed by atoms with van der Waals surface area (Å²) in [5.41, 5.74) is 2.87. The second kappa shape index (κ2) is 3.96. The van der Waals surface area contributed by atoms with E-state index in [0.717, 1.165) is 17.9 Å². The molecule has 0 aliphatic carbocycles. The van der Waals surface area contributed by atoms with Crippen molar-refractivity contribution in [3.8, 4) is 17.5 Å². The fourth-order valence-corrected chi connectivity index (χ4v) is 1.97. The lowest BCUT2D eigenvalue weighted by Gasteiger charge is -2.06. The average Bonchev–Trinajstić information content (AvgIpc) is 3.04. The maximum atomic E-state index is 8.99. The van der Waals surface area contributed by atoms with Crippen molar-refractivity contribution in [1.82, 2.24) is 24.4 Å². The van der Waals surface area contributed by atoms with Gasteiger partial charge in [0.05, 0.1) is 17.6 Å². The molecule has 0 fully saturated rings. The second-order valence-electron chi connectivity index (χ2n) is 3.77. The molecule has 88 valence electrons. The first kappa shape index (κ1) is 10.5. The Morgan fingerprint density at radius 1 is 1.22 bits per heavy atom. The van der Waals surface area contributed by atoms with Gasteiger partial charge in [0.15, 0.2) is 5.65 Å². The number of nitrogens with zero attached hydrogens (tertiary/aromatic N) is 6. The molecule has 0 aliphatic heterocycles. The first-order valence-corrected chi connectivity index (χ1v) is 5.60. The lowest BCUT2D eigenvalue weighted by atomic mass is 10.3. The number of fused-ring (bicyclic) bond motifs is 1. The number of aromatic nitrogens is 5. The van der Waals surface area contributed by atoms with E-state index in [2.05, 4.69) is 21.3 Å². The molecule has 0 aliphatic rings. The summed E-state index contributed by atoms with van der Waals surface area (Å²) in [6.07, 6.45) is 4.96. The fraction of sp³-hybridized carbons (Fsp3) is 0.167. The molecule has 6 nitrogen and oxygen atoms in total. The van der Waals surface area contributed by atoms with Gasteiger partial charge in [-0.05, 0) is 19.1 Å². The summed E-state index contributed by atoms with van der Waals surface area (Å²) < 4.78 is 3.55. The van der Waals surface area contributed by atoms with E-state index in [-0.39, 0.29) is 0 Å². The van der Waals surface area contributed by atoms with Gasteiger partial charge in [0.2, 0.25) is 0 Å². The van der Waals surface area contributed by atoms with E-state index in [1.54, 1.807) is 16.9 Å². The number of nitriles is 1. The Morgan fingerprint density at radius 3 is 2.83 bits per heavy atom. The van der Waals surface area contributed by atoms with Crippen LogP contribution in [0.15, 0.2) is 30.7 Å². The largest absolute Gasteiger partial charge is 0.264 e. The number of hydrogen-bond acceptors (Lipinski definition) is 4. The zero-order valence-electron chi connectivity index (χ0n) is 9.78. The molecule has 0 aromatic carbocycles. The molecule has 3 rings (SSSR count). The molecule has 0 saturated heterocycles. The van der Waals surface area contributed by atoms with E-state index in [1.165, 1.54) is 6.20 Å². The highest BCUT2D eigenvalue weighted by Gasteiger charge is 2.12. The van der Waals surface area contributed by atoms with E-state index < -0.39 is 0 Å². The van der Waals surface area contributed by atoms with Crippen LogP contribution in [-0.4, -0.2) is 24.4 Å². The van der Waals surface area contributed by atoms with Crippen molar-refractivity contribution in [2.75, 3.05) is 0 Å². The molecule has 0 radical (unpaired) electrons. The summed E-state index contributed by atoms with van der Waals surface area (Å²) in [6, 6.07) is 5.87. The summed E-state index contributed by atoms with van der Waals surface area (Å²) in [7, 11) is 0. The van der Waals surface area contributed by atoms with Gasteiger partial charge < -0.3 is 0 Å². The smallest absolute Gasteiger partial charge is 0.173 e. The third-order valence-corrected chi connectivity index (χ3v) is 2.80. The van der Waals surface area contributed by atoms with Crippen LogP contribution in [0.4, 0.5) is 0 Å². The van der Waals surface area contributed by atoms with Crippen LogP contribution in [0.2, 0.25) is 0 Å². The highest BCUT2D eigenvalue weighted by molar-refractivity contribution is 5.62. The second-order valence-corrected chi connectivity index (χ2v) is 3.77. The van der Waals surface area contributed by atoms with Crippen LogP contribution in [0.3, 0.4) is 0 Å². The monoisotopic (exact) mass is 238 g/mol. The SMILES string of the molecule is CCn1nccc1-c1ccnc2c(C#N)cnn12. The lowest BCUT2D eigenvalue weighted by Crippen LogP contribution is -2.03. The molecule has 0 amide bonds. The molecule has 3 aromatic rings. The molecule has 0 saturated carbocycles. The standard InChI is InChI=1S/C12H10N6/c1-2-17-10(4-6-15-17)11-3-5-14-12-9(7-13)8-16-18(11)12/h3-6,8H,2H2,1H3. The van der Waals surface area contributed by atoms with Crippen LogP contribution in [0, 0.1) is 11.3 Å². The highest BCUT2D eigenvalue weighted by atomic mass is 15.3. The molecule has 0 atom stereocenters. The maximum absolute atomic E-state index is 8.99. The molecule has 0 spiro atoms. The van der Waals surface area contributed by atoms with E-state index in [1.807, 2.05) is 23.7 Å². The minimum Gasteiger partial charge on any atom is -0.264 e. The van der Waals surface area contributed by atoms with Crippen LogP contribution in [0.25, 0.3) is 17.0 Å². The molecular formula is C12H10N6. The van der Waals surface area contributed by atoms with Crippen molar-refractivity contribution < 1.29 is 0 Å². The Morgan fingerprint density at radius 2 is 2.06 bits per heavy atom. The van der Waals surface area contributed by atoms with Crippen molar-refractivity contribution in [3.63, 3.8) is 0 Å². The first-order chi connectivity index (χ1) is 8.85. The minimum atomic E-state index is 0.472. The molecule has 6 heteroatoms. The molecule has 0 unspecified atom stereocenters. The van der Waals surface area contributed by atoms with Crippen LogP contribution >= 0.6 is 0 Å². The Hall–Kier alpha value is -2.68. The quantitative estimate of drug-likeness (QED) is 0.678. The Balaban J connectivity index is 2.31. The van der Waals surface area contributed by atoms with Crippen molar-refractivity contribution >= 4 is 5.65 Å². The van der Waals surface area contributed by atoms with Crippen LogP contribution in [0.1, 0.15) is 12.5 Å². The predicted octanol–water partition coefficient (Wildman–Crippen LogP) is 1.48. The summed E-state index contributed by atoms with van der Waals surface area (Å²) in [6.45, 7) is 2.80. The summed E-state index contributed by atoms with van der Waals surface area (Å²) in [4.78, 5) is 4.19. The van der Waals surface area contributed by atoms with Gasteiger partial charge in [-0.3, -0.25) is 4.68 Å². The van der Waals surface area contributed by atoms with Crippen LogP contribution in [-0.2, 0) is 6.54 Å². The third-order valence-electron chi connectivity index (χ3n) is 2.80. The van der Waals surface area contributed by atoms with Gasteiger partial charge >= 0.3 is 0 Å². The van der Waals surface area contributed by atoms with Gasteiger partial charge in [-0.15, -0.1) is 0 Å². The van der Waals surface area contributed by atoms with Crippen molar-refractivity contribution in [3.05, 3.63) is 36.3 Å². The molecule has 3 heterocycles. The highest BCUT2D eigenvalue weighted by Crippen LogP contribution is 2.20. The van der Waals surface area contributed by atoms with Crippen molar-refractivity contribution in [2.24, 2.45) is 0 Å².